The third-order valence-electron chi connectivity index (χ3n) is 11.0. The minimum atomic E-state index is -0.200. The molecule has 4 aliphatic carbocycles. The van der Waals surface area contributed by atoms with Crippen LogP contribution in [-0.2, 0) is 6.42 Å². The Kier molecular flexibility index (Phi) is 6.01. The van der Waals surface area contributed by atoms with Gasteiger partial charge in [0.2, 0.25) is 0 Å². The fourth-order valence-electron chi connectivity index (χ4n) is 9.23. The second kappa shape index (κ2) is 8.49. The molecule has 4 aliphatic rings. The van der Waals surface area contributed by atoms with Crippen LogP contribution in [0.3, 0.4) is 0 Å². The zero-order valence-corrected chi connectivity index (χ0v) is 19.8. The summed E-state index contributed by atoms with van der Waals surface area (Å²) in [5.74, 6) is 3.48. The van der Waals surface area contributed by atoms with Gasteiger partial charge < -0.3 is 10.2 Å². The maximum absolute atomic E-state index is 11.2. The van der Waals surface area contributed by atoms with E-state index < -0.39 is 0 Å². The normalized spacial score (nSPS) is 46.8. The summed E-state index contributed by atoms with van der Waals surface area (Å²) in [6.45, 7) is 5.09. The minimum absolute atomic E-state index is 0.190. The van der Waals surface area contributed by atoms with E-state index in [0.29, 0.717) is 17.3 Å². The van der Waals surface area contributed by atoms with Crippen LogP contribution in [0.2, 0.25) is 0 Å². The first-order chi connectivity index (χ1) is 14.9. The number of benzene rings is 1. The van der Waals surface area contributed by atoms with Gasteiger partial charge in [0.25, 0.3) is 0 Å². The van der Waals surface area contributed by atoms with Crippen molar-refractivity contribution in [3.05, 3.63) is 35.9 Å². The van der Waals surface area contributed by atoms with E-state index in [2.05, 4.69) is 44.2 Å². The van der Waals surface area contributed by atoms with E-state index in [9.17, 15) is 10.2 Å². The highest BCUT2D eigenvalue weighted by atomic mass is 16.3. The van der Waals surface area contributed by atoms with Crippen LogP contribution in [0.25, 0.3) is 0 Å². The third-order valence-corrected chi connectivity index (χ3v) is 11.0. The minimum Gasteiger partial charge on any atom is -0.393 e. The Balaban J connectivity index is 1.24. The van der Waals surface area contributed by atoms with Crippen molar-refractivity contribution in [2.24, 2.45) is 40.4 Å². The maximum Gasteiger partial charge on any atom is 0.0577 e. The van der Waals surface area contributed by atoms with Gasteiger partial charge in [-0.3, -0.25) is 0 Å². The van der Waals surface area contributed by atoms with Crippen LogP contribution in [0.1, 0.15) is 90.0 Å². The van der Waals surface area contributed by atoms with E-state index in [-0.39, 0.29) is 17.6 Å². The van der Waals surface area contributed by atoms with Gasteiger partial charge in [0.1, 0.15) is 0 Å². The molecule has 1 aromatic carbocycles. The first kappa shape index (κ1) is 22.0. The highest BCUT2D eigenvalue weighted by molar-refractivity contribution is 5.15. The quantitative estimate of drug-likeness (QED) is 0.538. The van der Waals surface area contributed by atoms with Gasteiger partial charge in [0.15, 0.2) is 0 Å². The van der Waals surface area contributed by atoms with Crippen molar-refractivity contribution in [2.45, 2.75) is 103 Å². The molecule has 0 aromatic heterocycles. The van der Waals surface area contributed by atoms with Crippen molar-refractivity contribution < 1.29 is 10.2 Å². The Morgan fingerprint density at radius 3 is 2.35 bits per heavy atom. The molecule has 9 atom stereocenters. The maximum atomic E-state index is 11.2. The van der Waals surface area contributed by atoms with Gasteiger partial charge in [0.05, 0.1) is 12.2 Å². The lowest BCUT2D eigenvalue weighted by molar-refractivity contribution is -0.171. The zero-order valence-electron chi connectivity index (χ0n) is 19.8. The van der Waals surface area contributed by atoms with Crippen LogP contribution in [-0.4, -0.2) is 22.4 Å². The number of aliphatic hydroxyl groups excluding tert-OH is 2. The molecular weight excluding hydrogens is 380 g/mol. The molecule has 0 aliphatic heterocycles. The lowest BCUT2D eigenvalue weighted by Gasteiger charge is -2.62. The molecule has 0 saturated heterocycles. The van der Waals surface area contributed by atoms with Crippen LogP contribution < -0.4 is 0 Å². The lowest BCUT2D eigenvalue weighted by Crippen LogP contribution is -2.58. The fraction of sp³-hybridized carbons (Fsp3) is 0.793. The largest absolute Gasteiger partial charge is 0.393 e. The van der Waals surface area contributed by atoms with Crippen molar-refractivity contribution in [1.82, 2.24) is 0 Å². The van der Waals surface area contributed by atoms with E-state index >= 15 is 0 Å². The van der Waals surface area contributed by atoms with Crippen LogP contribution in [0.15, 0.2) is 30.3 Å². The molecule has 2 heteroatoms. The highest BCUT2D eigenvalue weighted by Crippen LogP contribution is 2.67. The number of hydrogen-bond acceptors (Lipinski definition) is 2. The van der Waals surface area contributed by atoms with Gasteiger partial charge in [-0.2, -0.15) is 0 Å². The smallest absolute Gasteiger partial charge is 0.0577 e. The molecule has 2 nitrogen and oxygen atoms in total. The lowest BCUT2D eigenvalue weighted by atomic mass is 9.44. The number of hydrogen-bond donors (Lipinski definition) is 2. The Hall–Kier alpha value is -0.860. The molecule has 172 valence electrons. The molecule has 6 unspecified atom stereocenters. The summed E-state index contributed by atoms with van der Waals surface area (Å²) in [7, 11) is 0. The zero-order chi connectivity index (χ0) is 21.6. The van der Waals surface area contributed by atoms with Gasteiger partial charge >= 0.3 is 0 Å². The first-order valence-corrected chi connectivity index (χ1v) is 13.3. The van der Waals surface area contributed by atoms with Crippen molar-refractivity contribution >= 4 is 0 Å². The van der Waals surface area contributed by atoms with Crippen molar-refractivity contribution in [3.63, 3.8) is 0 Å². The number of fused-ring (bicyclic) bond motifs is 5. The average molecular weight is 425 g/mol. The molecule has 5 rings (SSSR count). The second-order valence-electron chi connectivity index (χ2n) is 12.3. The van der Waals surface area contributed by atoms with Crippen molar-refractivity contribution in [2.75, 3.05) is 0 Å². The van der Waals surface area contributed by atoms with E-state index in [1.54, 1.807) is 0 Å². The molecule has 0 spiro atoms. The monoisotopic (exact) mass is 424 g/mol. The topological polar surface area (TPSA) is 40.5 Å². The van der Waals surface area contributed by atoms with E-state index in [0.717, 1.165) is 43.4 Å². The van der Waals surface area contributed by atoms with Crippen LogP contribution in [0.5, 0.6) is 0 Å². The standard InChI is InChI=1S/C29H44O2/c1-28-17-15-25-23(19-27(31)26-18-22(30)14-16-29(25,26)2)24(28)13-12-21(28)11-7-6-10-20-8-4-3-5-9-20/h3-5,8-9,21-27,30-31H,6-7,10-19H2,1-2H3/t21?,22?,23?,24-,25-,26?,27-,28?,29?/m0/s1. The molecule has 31 heavy (non-hydrogen) atoms. The first-order valence-electron chi connectivity index (χ1n) is 13.3. The molecule has 0 heterocycles. The van der Waals surface area contributed by atoms with Crippen LogP contribution >= 0.6 is 0 Å². The number of aliphatic hydroxyl groups is 2. The molecule has 0 amide bonds. The molecule has 4 saturated carbocycles. The Labute approximate surface area is 189 Å². The van der Waals surface area contributed by atoms with Gasteiger partial charge in [0, 0.05) is 0 Å². The molecule has 0 radical (unpaired) electrons. The Morgan fingerprint density at radius 2 is 1.55 bits per heavy atom. The average Bonchev–Trinajstić information content (AvgIpc) is 3.10. The summed E-state index contributed by atoms with van der Waals surface area (Å²) < 4.78 is 0. The highest BCUT2D eigenvalue weighted by Gasteiger charge is 2.61. The molecular formula is C29H44O2. The van der Waals surface area contributed by atoms with E-state index in [1.165, 1.54) is 56.9 Å². The van der Waals surface area contributed by atoms with Gasteiger partial charge in [-0.15, -0.1) is 0 Å². The second-order valence-corrected chi connectivity index (χ2v) is 12.3. The summed E-state index contributed by atoms with van der Waals surface area (Å²) in [5.41, 5.74) is 2.22. The van der Waals surface area contributed by atoms with Gasteiger partial charge in [-0.05, 0) is 117 Å². The fourth-order valence-corrected chi connectivity index (χ4v) is 9.23. The number of unbranched alkanes of at least 4 members (excludes halogenated alkanes) is 1. The Morgan fingerprint density at radius 1 is 0.806 bits per heavy atom. The van der Waals surface area contributed by atoms with Crippen molar-refractivity contribution in [3.8, 4) is 0 Å². The summed E-state index contributed by atoms with van der Waals surface area (Å²) in [6.07, 6.45) is 14.3. The van der Waals surface area contributed by atoms with Gasteiger partial charge in [-0.1, -0.05) is 50.6 Å². The molecule has 1 aromatic rings. The number of rotatable bonds is 5. The van der Waals surface area contributed by atoms with Crippen LogP contribution in [0, 0.1) is 40.4 Å². The SMILES string of the molecule is CC12CC[C@H]3C(C[C@H](O)C4CC(O)CCC43C)[C@@H]1CCC2CCCCc1ccccc1. The molecule has 2 N–H and O–H groups in total. The predicted molar refractivity (Wildman–Crippen MR) is 127 cm³/mol. The van der Waals surface area contributed by atoms with Crippen LogP contribution in [0.4, 0.5) is 0 Å². The third kappa shape index (κ3) is 3.80. The van der Waals surface area contributed by atoms with Crippen molar-refractivity contribution in [1.29, 1.82) is 0 Å². The van der Waals surface area contributed by atoms with E-state index in [4.69, 9.17) is 0 Å². The Bertz CT molecular complexity index is 746. The summed E-state index contributed by atoms with van der Waals surface area (Å²) >= 11 is 0. The predicted octanol–water partition coefficient (Wildman–Crippen LogP) is 6.39. The number of aryl methyl sites for hydroxylation is 1. The van der Waals surface area contributed by atoms with E-state index in [1.807, 2.05) is 0 Å². The summed E-state index contributed by atoms with van der Waals surface area (Å²) in [5, 5.41) is 21.4. The molecule has 0 bridgehead atoms. The molecule has 4 fully saturated rings. The van der Waals surface area contributed by atoms with Gasteiger partial charge in [-0.25, -0.2) is 0 Å². The summed E-state index contributed by atoms with van der Waals surface area (Å²) in [4.78, 5) is 0. The summed E-state index contributed by atoms with van der Waals surface area (Å²) in [6, 6.07) is 11.0.